The Bertz CT molecular complexity index is 277. The summed E-state index contributed by atoms with van der Waals surface area (Å²) in [6.45, 7) is 0. The third-order valence-corrected chi connectivity index (χ3v) is 3.49. The van der Waals surface area contributed by atoms with Gasteiger partial charge in [0.05, 0.1) is 13.0 Å². The molecule has 2 unspecified atom stereocenters. The van der Waals surface area contributed by atoms with E-state index in [1.54, 1.807) is 0 Å². The number of carbonyl (C=O) groups excluding carboxylic acids is 1. The Kier molecular flexibility index (Phi) is 2.54. The van der Waals surface area contributed by atoms with Crippen molar-refractivity contribution in [1.29, 1.82) is 0 Å². The fourth-order valence-corrected chi connectivity index (χ4v) is 2.85. The number of piperidine rings is 1. The van der Waals surface area contributed by atoms with Crippen LogP contribution in [0.5, 0.6) is 0 Å². The summed E-state index contributed by atoms with van der Waals surface area (Å²) in [5.41, 5.74) is 0. The summed E-state index contributed by atoms with van der Waals surface area (Å²) in [6.07, 6.45) is 2.14. The first-order chi connectivity index (χ1) is 7.13. The van der Waals surface area contributed by atoms with Crippen LogP contribution in [-0.2, 0) is 9.53 Å². The molecular formula is C10H15NO4. The van der Waals surface area contributed by atoms with E-state index in [4.69, 9.17) is 9.84 Å². The van der Waals surface area contributed by atoms with Crippen molar-refractivity contribution in [2.24, 2.45) is 5.92 Å². The first kappa shape index (κ1) is 10.3. The molecule has 2 aliphatic heterocycles. The molecule has 1 N–H and O–H groups in total. The van der Waals surface area contributed by atoms with Crippen LogP contribution in [0.15, 0.2) is 0 Å². The van der Waals surface area contributed by atoms with Gasteiger partial charge >= 0.3 is 12.1 Å². The van der Waals surface area contributed by atoms with Crippen LogP contribution in [0.3, 0.4) is 0 Å². The molecule has 2 bridgehead atoms. The summed E-state index contributed by atoms with van der Waals surface area (Å²) in [7, 11) is 1.38. The smallest absolute Gasteiger partial charge is 0.407 e. The molecule has 5 heteroatoms. The minimum absolute atomic E-state index is 0.0188. The number of fused-ring (bicyclic) bond motifs is 2. The van der Waals surface area contributed by atoms with Gasteiger partial charge in [-0.05, 0) is 25.7 Å². The SMILES string of the molecule is COC(=O)C1CC2CCC(C1)N2C(=O)O. The zero-order valence-corrected chi connectivity index (χ0v) is 8.68. The number of carbonyl (C=O) groups is 2. The van der Waals surface area contributed by atoms with Crippen molar-refractivity contribution in [3.8, 4) is 0 Å². The van der Waals surface area contributed by atoms with Crippen LogP contribution in [0.4, 0.5) is 4.79 Å². The average Bonchev–Trinajstić information content (AvgIpc) is 2.49. The van der Waals surface area contributed by atoms with Crippen molar-refractivity contribution in [1.82, 2.24) is 4.90 Å². The van der Waals surface area contributed by atoms with Gasteiger partial charge in [-0.2, -0.15) is 0 Å². The lowest BCUT2D eigenvalue weighted by atomic mass is 9.91. The van der Waals surface area contributed by atoms with Crippen LogP contribution < -0.4 is 0 Å². The third-order valence-electron chi connectivity index (χ3n) is 3.49. The highest BCUT2D eigenvalue weighted by Crippen LogP contribution is 2.38. The predicted molar refractivity (Wildman–Crippen MR) is 51.4 cm³/mol. The van der Waals surface area contributed by atoms with Crippen LogP contribution >= 0.6 is 0 Å². The van der Waals surface area contributed by atoms with Gasteiger partial charge in [0.15, 0.2) is 0 Å². The maximum absolute atomic E-state index is 11.4. The second-order valence-electron chi connectivity index (χ2n) is 4.27. The highest BCUT2D eigenvalue weighted by Gasteiger charge is 2.45. The molecule has 2 saturated heterocycles. The second-order valence-corrected chi connectivity index (χ2v) is 4.27. The van der Waals surface area contributed by atoms with Crippen LogP contribution in [0.2, 0.25) is 0 Å². The van der Waals surface area contributed by atoms with Gasteiger partial charge < -0.3 is 14.7 Å². The van der Waals surface area contributed by atoms with Crippen LogP contribution in [0, 0.1) is 5.92 Å². The molecule has 2 aliphatic rings. The highest BCUT2D eigenvalue weighted by atomic mass is 16.5. The molecule has 0 saturated carbocycles. The van der Waals surface area contributed by atoms with Crippen LogP contribution in [-0.4, -0.2) is 41.3 Å². The second kappa shape index (κ2) is 3.72. The molecule has 15 heavy (non-hydrogen) atoms. The topological polar surface area (TPSA) is 66.8 Å². The van der Waals surface area contributed by atoms with E-state index in [-0.39, 0.29) is 24.0 Å². The molecule has 84 valence electrons. The van der Waals surface area contributed by atoms with Crippen LogP contribution in [0.25, 0.3) is 0 Å². The summed E-state index contributed by atoms with van der Waals surface area (Å²) in [5.74, 6) is -0.306. The Morgan fingerprint density at radius 3 is 2.20 bits per heavy atom. The average molecular weight is 213 g/mol. The molecule has 5 nitrogen and oxygen atoms in total. The lowest BCUT2D eigenvalue weighted by molar-refractivity contribution is -0.147. The maximum Gasteiger partial charge on any atom is 0.407 e. The summed E-state index contributed by atoms with van der Waals surface area (Å²) in [4.78, 5) is 23.9. The fraction of sp³-hybridized carbons (Fsp3) is 0.800. The van der Waals surface area contributed by atoms with Gasteiger partial charge in [0.25, 0.3) is 0 Å². The molecule has 2 atom stereocenters. The third kappa shape index (κ3) is 1.66. The summed E-state index contributed by atoms with van der Waals surface area (Å²) in [6, 6.07) is 0.0377. The lowest BCUT2D eigenvalue weighted by Crippen LogP contribution is -2.47. The van der Waals surface area contributed by atoms with E-state index in [2.05, 4.69) is 0 Å². The Hall–Kier alpha value is -1.26. The standard InChI is InChI=1S/C10H15NO4/c1-15-9(12)6-4-7-2-3-8(5-6)11(7)10(13)14/h6-8H,2-5H2,1H3,(H,13,14). The van der Waals surface area contributed by atoms with Crippen molar-refractivity contribution < 1.29 is 19.4 Å². The normalized spacial score (nSPS) is 33.9. The zero-order valence-electron chi connectivity index (χ0n) is 8.68. The summed E-state index contributed by atoms with van der Waals surface area (Å²) in [5, 5.41) is 9.01. The molecule has 2 rings (SSSR count). The molecule has 0 aliphatic carbocycles. The first-order valence-corrected chi connectivity index (χ1v) is 5.22. The molecule has 0 aromatic rings. The largest absolute Gasteiger partial charge is 0.469 e. The number of amides is 1. The van der Waals surface area contributed by atoms with Gasteiger partial charge in [0.2, 0.25) is 0 Å². The van der Waals surface area contributed by atoms with Gasteiger partial charge in [-0.1, -0.05) is 0 Å². The molecule has 2 heterocycles. The number of hydrogen-bond donors (Lipinski definition) is 1. The number of methoxy groups -OCH3 is 1. The molecular weight excluding hydrogens is 198 g/mol. The van der Waals surface area contributed by atoms with Gasteiger partial charge in [-0.25, -0.2) is 4.79 Å². The van der Waals surface area contributed by atoms with E-state index >= 15 is 0 Å². The Balaban J connectivity index is 2.08. The number of carboxylic acid groups (broad SMARTS) is 1. The number of esters is 1. The van der Waals surface area contributed by atoms with Gasteiger partial charge in [0, 0.05) is 12.1 Å². The molecule has 2 fully saturated rings. The Morgan fingerprint density at radius 2 is 1.80 bits per heavy atom. The highest BCUT2D eigenvalue weighted by molar-refractivity contribution is 5.73. The fourth-order valence-electron chi connectivity index (χ4n) is 2.85. The van der Waals surface area contributed by atoms with Crippen molar-refractivity contribution >= 4 is 12.1 Å². The van der Waals surface area contributed by atoms with E-state index in [1.165, 1.54) is 12.0 Å². The molecule has 0 aromatic heterocycles. The first-order valence-electron chi connectivity index (χ1n) is 5.22. The van der Waals surface area contributed by atoms with Gasteiger partial charge in [-0.15, -0.1) is 0 Å². The van der Waals surface area contributed by atoms with Crippen molar-refractivity contribution in [3.05, 3.63) is 0 Å². The molecule has 1 amide bonds. The van der Waals surface area contributed by atoms with Crippen molar-refractivity contribution in [2.45, 2.75) is 37.8 Å². The monoisotopic (exact) mass is 213 g/mol. The number of hydrogen-bond acceptors (Lipinski definition) is 3. The molecule has 0 spiro atoms. The number of nitrogens with zero attached hydrogens (tertiary/aromatic N) is 1. The number of ether oxygens (including phenoxy) is 1. The lowest BCUT2D eigenvalue weighted by Gasteiger charge is -2.35. The summed E-state index contributed by atoms with van der Waals surface area (Å²) >= 11 is 0. The van der Waals surface area contributed by atoms with E-state index in [9.17, 15) is 9.59 Å². The maximum atomic E-state index is 11.4. The Labute approximate surface area is 88.0 Å². The Morgan fingerprint density at radius 1 is 1.27 bits per heavy atom. The van der Waals surface area contributed by atoms with Crippen molar-refractivity contribution in [2.75, 3.05) is 7.11 Å². The van der Waals surface area contributed by atoms with E-state index < -0.39 is 6.09 Å². The van der Waals surface area contributed by atoms with Gasteiger partial charge in [-0.3, -0.25) is 4.79 Å². The molecule has 0 aromatic carbocycles. The number of rotatable bonds is 1. The van der Waals surface area contributed by atoms with Crippen molar-refractivity contribution in [3.63, 3.8) is 0 Å². The summed E-state index contributed by atoms with van der Waals surface area (Å²) < 4.78 is 4.70. The predicted octanol–water partition coefficient (Wildman–Crippen LogP) is 1.08. The zero-order chi connectivity index (χ0) is 11.0. The quantitative estimate of drug-likeness (QED) is 0.662. The minimum Gasteiger partial charge on any atom is -0.469 e. The van der Waals surface area contributed by atoms with E-state index in [1.807, 2.05) is 0 Å². The van der Waals surface area contributed by atoms with E-state index in [0.717, 1.165) is 12.8 Å². The van der Waals surface area contributed by atoms with E-state index in [0.29, 0.717) is 12.8 Å². The molecule has 0 radical (unpaired) electrons. The minimum atomic E-state index is -0.856. The van der Waals surface area contributed by atoms with Gasteiger partial charge in [0.1, 0.15) is 0 Å². The van der Waals surface area contributed by atoms with Crippen LogP contribution in [0.1, 0.15) is 25.7 Å².